The van der Waals surface area contributed by atoms with Gasteiger partial charge in [-0.15, -0.1) is 0 Å². The van der Waals surface area contributed by atoms with Gasteiger partial charge in [0.2, 0.25) is 0 Å². The molecule has 0 spiro atoms. The molecule has 5 nitrogen and oxygen atoms in total. The topological polar surface area (TPSA) is 66.9 Å². The van der Waals surface area contributed by atoms with Crippen molar-refractivity contribution in [2.75, 3.05) is 6.54 Å². The number of hydrogen-bond donors (Lipinski definition) is 2. The van der Waals surface area contributed by atoms with Crippen LogP contribution in [-0.4, -0.2) is 22.0 Å². The monoisotopic (exact) mass is 367 g/mol. The molecule has 6 heteroatoms. The van der Waals surface area contributed by atoms with Crippen molar-refractivity contribution in [1.29, 1.82) is 0 Å². The molecule has 0 atom stereocenters. The molecular weight excluding hydrogens is 346 g/mol. The smallest absolute Gasteiger partial charge is 0.262 e. The number of carbonyl (C=O) groups is 1. The highest BCUT2D eigenvalue weighted by Crippen LogP contribution is 2.11. The Morgan fingerprint density at radius 2 is 1.96 bits per heavy atom. The summed E-state index contributed by atoms with van der Waals surface area (Å²) in [5, 5.41) is 3.36. The average Bonchev–Trinajstić information content (AvgIpc) is 2.66. The van der Waals surface area contributed by atoms with Crippen LogP contribution in [0.15, 0.2) is 53.3 Å². The van der Waals surface area contributed by atoms with Crippen molar-refractivity contribution < 1.29 is 4.79 Å². The van der Waals surface area contributed by atoms with Crippen LogP contribution in [0, 0.1) is 4.77 Å². The largest absolute Gasteiger partial charge is 0.352 e. The Morgan fingerprint density at radius 1 is 1.19 bits per heavy atom. The van der Waals surface area contributed by atoms with Crippen LogP contribution in [0.2, 0.25) is 0 Å². The lowest BCUT2D eigenvalue weighted by Gasteiger charge is -2.09. The second-order valence-corrected chi connectivity index (χ2v) is 6.53. The van der Waals surface area contributed by atoms with Crippen LogP contribution in [0.5, 0.6) is 0 Å². The van der Waals surface area contributed by atoms with Gasteiger partial charge in [-0.3, -0.25) is 14.2 Å². The third kappa shape index (κ3) is 3.91. The zero-order valence-corrected chi connectivity index (χ0v) is 15.4. The number of aromatic nitrogens is 2. The first kappa shape index (κ1) is 18.1. The van der Waals surface area contributed by atoms with Gasteiger partial charge in [0.15, 0.2) is 4.77 Å². The fourth-order valence-corrected chi connectivity index (χ4v) is 3.11. The van der Waals surface area contributed by atoms with E-state index in [1.807, 2.05) is 37.3 Å². The maximum Gasteiger partial charge on any atom is 0.262 e. The summed E-state index contributed by atoms with van der Waals surface area (Å²) in [5.74, 6) is -0.152. The molecule has 1 aromatic heterocycles. The number of fused-ring (bicyclic) bond motifs is 1. The van der Waals surface area contributed by atoms with Crippen molar-refractivity contribution in [3.63, 3.8) is 0 Å². The summed E-state index contributed by atoms with van der Waals surface area (Å²) < 4.78 is 1.94. The number of benzene rings is 2. The molecule has 0 unspecified atom stereocenters. The molecule has 3 rings (SSSR count). The molecule has 0 aliphatic heterocycles. The van der Waals surface area contributed by atoms with Gasteiger partial charge < -0.3 is 10.3 Å². The molecule has 0 saturated heterocycles. The highest BCUT2D eigenvalue weighted by molar-refractivity contribution is 7.71. The molecule has 3 aromatic rings. The van der Waals surface area contributed by atoms with Crippen molar-refractivity contribution in [2.24, 2.45) is 0 Å². The van der Waals surface area contributed by atoms with Crippen molar-refractivity contribution in [3.05, 3.63) is 74.8 Å². The molecule has 0 saturated carbocycles. The zero-order chi connectivity index (χ0) is 18.5. The first-order valence-corrected chi connectivity index (χ1v) is 9.10. The highest BCUT2D eigenvalue weighted by Gasteiger charge is 2.10. The molecule has 0 aliphatic rings. The quantitative estimate of drug-likeness (QED) is 0.656. The Hall–Kier alpha value is -2.73. The minimum absolute atomic E-state index is 0.139. The van der Waals surface area contributed by atoms with E-state index in [2.05, 4.69) is 10.3 Å². The van der Waals surface area contributed by atoms with E-state index in [0.29, 0.717) is 34.3 Å². The number of aryl methyl sites for hydroxylation is 1. The minimum Gasteiger partial charge on any atom is -0.352 e. The molecule has 134 valence electrons. The van der Waals surface area contributed by atoms with Gasteiger partial charge in [0, 0.05) is 18.7 Å². The normalized spacial score (nSPS) is 10.8. The van der Waals surface area contributed by atoms with E-state index in [-0.39, 0.29) is 11.5 Å². The summed E-state index contributed by atoms with van der Waals surface area (Å²) >= 11 is 5.37. The van der Waals surface area contributed by atoms with Crippen LogP contribution < -0.4 is 10.9 Å². The van der Waals surface area contributed by atoms with Crippen LogP contribution in [0.1, 0.15) is 29.3 Å². The van der Waals surface area contributed by atoms with E-state index in [4.69, 9.17) is 12.2 Å². The number of amides is 1. The molecule has 26 heavy (non-hydrogen) atoms. The Morgan fingerprint density at radius 3 is 2.69 bits per heavy atom. The Bertz CT molecular complexity index is 1040. The predicted octanol–water partition coefficient (Wildman–Crippen LogP) is 3.44. The first-order chi connectivity index (χ1) is 12.6. The standard InChI is InChI=1S/C20H21N3O2S/c1-2-11-21-18(24)15-8-9-16-17(13-15)22-20(26)23(19(16)25)12-10-14-6-4-3-5-7-14/h3-9,13H,2,10-12H2,1H3,(H,21,24)(H,22,26). The van der Waals surface area contributed by atoms with Gasteiger partial charge in [0.1, 0.15) is 0 Å². The number of aromatic amines is 1. The van der Waals surface area contributed by atoms with Crippen LogP contribution in [0.4, 0.5) is 0 Å². The van der Waals surface area contributed by atoms with Gasteiger partial charge >= 0.3 is 0 Å². The van der Waals surface area contributed by atoms with E-state index in [0.717, 1.165) is 18.4 Å². The molecule has 1 amide bonds. The van der Waals surface area contributed by atoms with E-state index >= 15 is 0 Å². The van der Waals surface area contributed by atoms with Crippen LogP contribution >= 0.6 is 12.2 Å². The van der Waals surface area contributed by atoms with E-state index in [1.165, 1.54) is 0 Å². The fraction of sp³-hybridized carbons (Fsp3) is 0.250. The molecular formula is C20H21N3O2S. The zero-order valence-electron chi connectivity index (χ0n) is 14.6. The van der Waals surface area contributed by atoms with E-state index in [1.54, 1.807) is 22.8 Å². The minimum atomic E-state index is -0.152. The molecule has 0 radical (unpaired) electrons. The van der Waals surface area contributed by atoms with Crippen molar-refractivity contribution >= 4 is 29.0 Å². The molecule has 2 N–H and O–H groups in total. The maximum absolute atomic E-state index is 12.8. The lowest BCUT2D eigenvalue weighted by molar-refractivity contribution is 0.0954. The lowest BCUT2D eigenvalue weighted by atomic mass is 10.1. The molecule has 0 aliphatic carbocycles. The summed E-state index contributed by atoms with van der Waals surface area (Å²) in [6.45, 7) is 3.12. The van der Waals surface area contributed by atoms with Crippen LogP contribution in [-0.2, 0) is 13.0 Å². The lowest BCUT2D eigenvalue weighted by Crippen LogP contribution is -2.25. The van der Waals surface area contributed by atoms with Gasteiger partial charge in [-0.2, -0.15) is 0 Å². The maximum atomic E-state index is 12.8. The Balaban J connectivity index is 1.91. The van der Waals surface area contributed by atoms with Crippen LogP contribution in [0.25, 0.3) is 10.9 Å². The second kappa shape index (κ2) is 8.10. The molecule has 0 fully saturated rings. The predicted molar refractivity (Wildman–Crippen MR) is 106 cm³/mol. The third-order valence-corrected chi connectivity index (χ3v) is 4.57. The van der Waals surface area contributed by atoms with Crippen molar-refractivity contribution in [1.82, 2.24) is 14.9 Å². The Kier molecular flexibility index (Phi) is 5.63. The Labute approximate surface area is 156 Å². The van der Waals surface area contributed by atoms with Gasteiger partial charge in [0.25, 0.3) is 11.5 Å². The van der Waals surface area contributed by atoms with Gasteiger partial charge in [-0.25, -0.2) is 0 Å². The molecule has 1 heterocycles. The number of rotatable bonds is 6. The molecule has 2 aromatic carbocycles. The number of nitrogens with one attached hydrogen (secondary N) is 2. The van der Waals surface area contributed by atoms with Gasteiger partial charge in [0.05, 0.1) is 10.9 Å². The SMILES string of the molecule is CCCNC(=O)c1ccc2c(=O)n(CCc3ccccc3)c(=S)[nH]c2c1. The van der Waals surface area contributed by atoms with Crippen LogP contribution in [0.3, 0.4) is 0 Å². The van der Waals surface area contributed by atoms with E-state index in [9.17, 15) is 9.59 Å². The number of carbonyl (C=O) groups excluding carboxylic acids is 1. The van der Waals surface area contributed by atoms with Gasteiger partial charge in [-0.05, 0) is 48.8 Å². The molecule has 0 bridgehead atoms. The number of H-pyrrole nitrogens is 1. The fourth-order valence-electron chi connectivity index (χ4n) is 2.82. The summed E-state index contributed by atoms with van der Waals surface area (Å²) in [4.78, 5) is 28.0. The summed E-state index contributed by atoms with van der Waals surface area (Å²) in [6.07, 6.45) is 1.59. The summed E-state index contributed by atoms with van der Waals surface area (Å²) in [5.41, 5.74) is 2.11. The summed E-state index contributed by atoms with van der Waals surface area (Å²) in [6, 6.07) is 15.0. The average molecular weight is 367 g/mol. The number of hydrogen-bond acceptors (Lipinski definition) is 3. The highest BCUT2D eigenvalue weighted by atomic mass is 32.1. The summed E-state index contributed by atoms with van der Waals surface area (Å²) in [7, 11) is 0. The van der Waals surface area contributed by atoms with Crippen molar-refractivity contribution in [2.45, 2.75) is 26.3 Å². The van der Waals surface area contributed by atoms with Crippen molar-refractivity contribution in [3.8, 4) is 0 Å². The second-order valence-electron chi connectivity index (χ2n) is 6.14. The van der Waals surface area contributed by atoms with Gasteiger partial charge in [-0.1, -0.05) is 37.3 Å². The number of nitrogens with zero attached hydrogens (tertiary/aromatic N) is 1. The first-order valence-electron chi connectivity index (χ1n) is 8.69. The van der Waals surface area contributed by atoms with E-state index < -0.39 is 0 Å². The third-order valence-electron chi connectivity index (χ3n) is 4.25.